The lowest BCUT2D eigenvalue weighted by Gasteiger charge is -2.35. The van der Waals surface area contributed by atoms with E-state index < -0.39 is 0 Å². The lowest BCUT2D eigenvalue weighted by atomic mass is 10.1. The Bertz CT molecular complexity index is 358. The van der Waals surface area contributed by atoms with Gasteiger partial charge in [-0.25, -0.2) is 0 Å². The SMILES string of the molecule is COCCC1CNCCN1Cc1ccc(Cl)cn1. The van der Waals surface area contributed by atoms with Crippen molar-refractivity contribution < 1.29 is 4.74 Å². The molecule has 1 aliphatic rings. The van der Waals surface area contributed by atoms with Crippen LogP contribution in [0.25, 0.3) is 0 Å². The van der Waals surface area contributed by atoms with Gasteiger partial charge in [0.15, 0.2) is 0 Å². The summed E-state index contributed by atoms with van der Waals surface area (Å²) in [4.78, 5) is 6.83. The van der Waals surface area contributed by atoms with E-state index in [1.54, 1.807) is 13.3 Å². The van der Waals surface area contributed by atoms with Gasteiger partial charge in [-0.1, -0.05) is 11.6 Å². The lowest BCUT2D eigenvalue weighted by Crippen LogP contribution is -2.51. The van der Waals surface area contributed by atoms with Crippen LogP contribution >= 0.6 is 11.6 Å². The molecule has 0 spiro atoms. The number of rotatable bonds is 5. The highest BCUT2D eigenvalue weighted by molar-refractivity contribution is 6.30. The van der Waals surface area contributed by atoms with E-state index >= 15 is 0 Å². The zero-order valence-corrected chi connectivity index (χ0v) is 11.5. The fraction of sp³-hybridized carbons (Fsp3) is 0.615. The lowest BCUT2D eigenvalue weighted by molar-refractivity contribution is 0.105. The Hall–Kier alpha value is -0.680. The van der Waals surface area contributed by atoms with Crippen LogP contribution in [0.4, 0.5) is 0 Å². The van der Waals surface area contributed by atoms with Crippen LogP contribution in [0.3, 0.4) is 0 Å². The second kappa shape index (κ2) is 7.04. The van der Waals surface area contributed by atoms with Gasteiger partial charge < -0.3 is 10.1 Å². The monoisotopic (exact) mass is 269 g/mol. The Morgan fingerprint density at radius 1 is 1.56 bits per heavy atom. The number of aromatic nitrogens is 1. The van der Waals surface area contributed by atoms with Gasteiger partial charge in [-0.3, -0.25) is 9.88 Å². The summed E-state index contributed by atoms with van der Waals surface area (Å²) in [6.07, 6.45) is 2.76. The van der Waals surface area contributed by atoms with Crippen LogP contribution in [0.1, 0.15) is 12.1 Å². The van der Waals surface area contributed by atoms with Crippen LogP contribution in [0.5, 0.6) is 0 Å². The average Bonchev–Trinajstić information content (AvgIpc) is 2.40. The highest BCUT2D eigenvalue weighted by Gasteiger charge is 2.22. The average molecular weight is 270 g/mol. The summed E-state index contributed by atoms with van der Waals surface area (Å²) in [5, 5.41) is 4.12. The van der Waals surface area contributed by atoms with Crippen LogP contribution in [0.15, 0.2) is 18.3 Å². The first-order chi connectivity index (χ1) is 8.79. The Morgan fingerprint density at radius 2 is 2.44 bits per heavy atom. The van der Waals surface area contributed by atoms with Crippen molar-refractivity contribution in [1.82, 2.24) is 15.2 Å². The van der Waals surface area contributed by atoms with Crippen molar-refractivity contribution in [2.24, 2.45) is 0 Å². The first-order valence-electron chi connectivity index (χ1n) is 6.33. The van der Waals surface area contributed by atoms with Crippen LogP contribution in [0, 0.1) is 0 Å². The largest absolute Gasteiger partial charge is 0.385 e. The number of hydrogen-bond donors (Lipinski definition) is 1. The second-order valence-corrected chi connectivity index (χ2v) is 5.01. The van der Waals surface area contributed by atoms with Crippen LogP contribution < -0.4 is 5.32 Å². The van der Waals surface area contributed by atoms with Crippen LogP contribution in [-0.4, -0.2) is 49.3 Å². The molecular formula is C13H20ClN3O. The zero-order valence-electron chi connectivity index (χ0n) is 10.7. The first kappa shape index (κ1) is 13.7. The maximum atomic E-state index is 5.85. The minimum absolute atomic E-state index is 0.524. The summed E-state index contributed by atoms with van der Waals surface area (Å²) in [6.45, 7) is 4.80. The predicted octanol–water partition coefficient (Wildman–Crippen LogP) is 1.55. The van der Waals surface area contributed by atoms with E-state index in [1.807, 2.05) is 12.1 Å². The molecule has 0 saturated carbocycles. The summed E-state index contributed by atoms with van der Waals surface area (Å²) >= 11 is 5.85. The molecule has 2 rings (SSSR count). The third kappa shape index (κ3) is 3.92. The third-order valence-corrected chi connectivity index (χ3v) is 3.50. The van der Waals surface area contributed by atoms with E-state index in [9.17, 15) is 0 Å². The smallest absolute Gasteiger partial charge is 0.0589 e. The third-order valence-electron chi connectivity index (χ3n) is 3.28. The Labute approximate surface area is 113 Å². The van der Waals surface area contributed by atoms with E-state index in [1.165, 1.54) is 0 Å². The fourth-order valence-corrected chi connectivity index (χ4v) is 2.37. The molecule has 1 unspecified atom stereocenters. The molecule has 1 saturated heterocycles. The molecule has 1 aromatic heterocycles. The fourth-order valence-electron chi connectivity index (χ4n) is 2.26. The second-order valence-electron chi connectivity index (χ2n) is 4.58. The number of pyridine rings is 1. The molecule has 18 heavy (non-hydrogen) atoms. The van der Waals surface area contributed by atoms with Gasteiger partial charge in [0, 0.05) is 52.1 Å². The number of hydrogen-bond acceptors (Lipinski definition) is 4. The van der Waals surface area contributed by atoms with Crippen molar-refractivity contribution in [2.75, 3.05) is 33.4 Å². The highest BCUT2D eigenvalue weighted by Crippen LogP contribution is 2.13. The van der Waals surface area contributed by atoms with E-state index in [2.05, 4.69) is 15.2 Å². The molecule has 1 fully saturated rings. The van der Waals surface area contributed by atoms with Crippen molar-refractivity contribution >= 4 is 11.6 Å². The van der Waals surface area contributed by atoms with Gasteiger partial charge in [-0.05, 0) is 18.6 Å². The Kier molecular flexibility index (Phi) is 5.38. The molecule has 1 aliphatic heterocycles. The molecule has 5 heteroatoms. The van der Waals surface area contributed by atoms with E-state index in [0.29, 0.717) is 11.1 Å². The van der Waals surface area contributed by atoms with Crippen molar-refractivity contribution in [1.29, 1.82) is 0 Å². The van der Waals surface area contributed by atoms with Crippen molar-refractivity contribution in [3.05, 3.63) is 29.0 Å². The maximum Gasteiger partial charge on any atom is 0.0589 e. The number of halogens is 1. The molecule has 4 nitrogen and oxygen atoms in total. The quantitative estimate of drug-likeness (QED) is 0.880. The van der Waals surface area contributed by atoms with Crippen molar-refractivity contribution in [2.45, 2.75) is 19.0 Å². The van der Waals surface area contributed by atoms with Gasteiger partial charge in [0.25, 0.3) is 0 Å². The van der Waals surface area contributed by atoms with Crippen LogP contribution in [-0.2, 0) is 11.3 Å². The van der Waals surface area contributed by atoms with Crippen LogP contribution in [0.2, 0.25) is 5.02 Å². The summed E-state index contributed by atoms with van der Waals surface area (Å²) in [7, 11) is 1.75. The summed E-state index contributed by atoms with van der Waals surface area (Å²) in [6, 6.07) is 4.42. The maximum absolute atomic E-state index is 5.85. The molecule has 1 aromatic rings. The van der Waals surface area contributed by atoms with E-state index in [4.69, 9.17) is 16.3 Å². The Morgan fingerprint density at radius 3 is 3.17 bits per heavy atom. The molecule has 1 atom stereocenters. The molecule has 0 radical (unpaired) electrons. The summed E-state index contributed by atoms with van der Waals surface area (Å²) in [5.74, 6) is 0. The minimum atomic E-state index is 0.524. The molecule has 0 amide bonds. The zero-order chi connectivity index (χ0) is 12.8. The number of ether oxygens (including phenoxy) is 1. The molecular weight excluding hydrogens is 250 g/mol. The normalized spacial score (nSPS) is 21.1. The predicted molar refractivity (Wildman–Crippen MR) is 72.8 cm³/mol. The molecule has 0 aliphatic carbocycles. The molecule has 1 N–H and O–H groups in total. The number of methoxy groups -OCH3 is 1. The van der Waals surface area contributed by atoms with Crippen molar-refractivity contribution in [3.63, 3.8) is 0 Å². The van der Waals surface area contributed by atoms with Gasteiger partial charge in [0.1, 0.15) is 0 Å². The molecule has 0 bridgehead atoms. The topological polar surface area (TPSA) is 37.4 Å². The minimum Gasteiger partial charge on any atom is -0.385 e. The van der Waals surface area contributed by atoms with Crippen molar-refractivity contribution in [3.8, 4) is 0 Å². The van der Waals surface area contributed by atoms with Gasteiger partial charge in [-0.15, -0.1) is 0 Å². The summed E-state index contributed by atoms with van der Waals surface area (Å²) < 4.78 is 5.17. The standard InChI is InChI=1S/C13H20ClN3O/c1-18-7-4-13-9-15-5-6-17(13)10-12-3-2-11(14)8-16-12/h2-3,8,13,15H,4-7,9-10H2,1H3. The number of nitrogens with zero attached hydrogens (tertiary/aromatic N) is 2. The number of piperazine rings is 1. The van der Waals surface area contributed by atoms with Gasteiger partial charge >= 0.3 is 0 Å². The van der Waals surface area contributed by atoms with Gasteiger partial charge in [0.2, 0.25) is 0 Å². The summed E-state index contributed by atoms with van der Waals surface area (Å²) in [5.41, 5.74) is 1.07. The van der Waals surface area contributed by atoms with E-state index in [-0.39, 0.29) is 0 Å². The Balaban J connectivity index is 1.94. The van der Waals surface area contributed by atoms with Gasteiger partial charge in [-0.2, -0.15) is 0 Å². The first-order valence-corrected chi connectivity index (χ1v) is 6.71. The van der Waals surface area contributed by atoms with Gasteiger partial charge in [0.05, 0.1) is 10.7 Å². The van der Waals surface area contributed by atoms with E-state index in [0.717, 1.165) is 44.9 Å². The highest BCUT2D eigenvalue weighted by atomic mass is 35.5. The number of nitrogens with one attached hydrogen (secondary N) is 1. The molecule has 2 heterocycles. The molecule has 0 aromatic carbocycles. The molecule has 100 valence electrons.